The lowest BCUT2D eigenvalue weighted by Gasteiger charge is -2.23. The zero-order valence-corrected chi connectivity index (χ0v) is 45.5. The van der Waals surface area contributed by atoms with E-state index in [2.05, 4.69) is 19.2 Å². The van der Waals surface area contributed by atoms with Gasteiger partial charge in [-0.05, 0) is 12.8 Å². The summed E-state index contributed by atoms with van der Waals surface area (Å²) in [5.74, 6) is 1.43. The molecule has 2 atom stereocenters. The smallest absolute Gasteiger partial charge is 0.0377 e. The van der Waals surface area contributed by atoms with Gasteiger partial charge in [-0.25, -0.2) is 0 Å². The quantitative estimate of drug-likeness (QED) is 0.0473. The van der Waals surface area contributed by atoms with E-state index in [1.165, 1.54) is 347 Å². The van der Waals surface area contributed by atoms with Crippen molar-refractivity contribution < 1.29 is 0 Å². The molecule has 0 aromatic rings. The van der Waals surface area contributed by atoms with E-state index in [4.69, 9.17) is 23.2 Å². The van der Waals surface area contributed by atoms with Crippen molar-refractivity contribution in [3.8, 4) is 0 Å². The van der Waals surface area contributed by atoms with E-state index in [0.29, 0.717) is 23.8 Å². The zero-order valence-electron chi connectivity index (χ0n) is 44.0. The number of unbranched alkanes of at least 4 members (excludes halogenated alkanes) is 50. The van der Waals surface area contributed by atoms with Gasteiger partial charge in [-0.2, -0.15) is 0 Å². The van der Waals surface area contributed by atoms with Crippen molar-refractivity contribution in [2.24, 2.45) is 0 Å². The van der Waals surface area contributed by atoms with Crippen molar-refractivity contribution in [2.45, 2.75) is 373 Å². The molecule has 0 rings (SSSR count). The molecule has 0 saturated heterocycles. The van der Waals surface area contributed by atoms with Crippen LogP contribution in [0, 0.1) is 0 Å². The summed E-state index contributed by atoms with van der Waals surface area (Å²) in [5.41, 5.74) is 0. The fourth-order valence-electron chi connectivity index (χ4n) is 10.2. The first-order valence-electron chi connectivity index (χ1n) is 30.2. The van der Waals surface area contributed by atoms with Crippen molar-refractivity contribution in [3.05, 3.63) is 0 Å². The van der Waals surface area contributed by atoms with Gasteiger partial charge >= 0.3 is 0 Å². The molecule has 2 unspecified atom stereocenters. The molecular formula is C60H121Cl2N. The van der Waals surface area contributed by atoms with E-state index in [0.717, 1.165) is 0 Å². The number of halogens is 2. The summed E-state index contributed by atoms with van der Waals surface area (Å²) in [7, 11) is 0. The lowest BCUT2D eigenvalue weighted by Crippen LogP contribution is -2.40. The van der Waals surface area contributed by atoms with Gasteiger partial charge in [0.1, 0.15) is 0 Å². The van der Waals surface area contributed by atoms with Crippen molar-refractivity contribution in [3.63, 3.8) is 0 Å². The SMILES string of the molecule is CCCCCCCCCCCCCCCCCCCCCCCCCCCCC(CCl)NC(CCl)CCCCCCCCCCCCCCCCCCCCCCCCCCCC. The Hall–Kier alpha value is 0.540. The molecule has 0 aliphatic rings. The van der Waals surface area contributed by atoms with Crippen LogP contribution in [0.2, 0.25) is 0 Å². The standard InChI is InChI=1S/C60H121Cl2N/c1-3-5-7-9-11-13-15-17-19-21-23-25-27-29-31-33-35-37-39-41-43-45-47-49-51-53-55-59(57-61)63-60(58-62)56-54-52-50-48-46-44-42-40-38-36-34-32-30-28-26-24-22-20-18-16-14-12-10-8-6-4-2/h59-60,63H,3-58H2,1-2H3. The molecule has 0 spiro atoms. The van der Waals surface area contributed by atoms with Crippen LogP contribution in [-0.4, -0.2) is 23.8 Å². The Balaban J connectivity index is 3.38. The fourth-order valence-corrected chi connectivity index (χ4v) is 10.6. The maximum atomic E-state index is 6.41. The fraction of sp³-hybridized carbons (Fsp3) is 1.00. The molecule has 0 amide bonds. The maximum Gasteiger partial charge on any atom is 0.0377 e. The summed E-state index contributed by atoms with van der Waals surface area (Å²) in [4.78, 5) is 0. The van der Waals surface area contributed by atoms with Gasteiger partial charge in [0.2, 0.25) is 0 Å². The predicted octanol–water partition coefficient (Wildman–Crippen LogP) is 22.9. The predicted molar refractivity (Wildman–Crippen MR) is 293 cm³/mol. The first-order chi connectivity index (χ1) is 31.3. The third kappa shape index (κ3) is 55.0. The van der Waals surface area contributed by atoms with Crippen LogP contribution in [0.1, 0.15) is 361 Å². The second-order valence-electron chi connectivity index (χ2n) is 21.1. The van der Waals surface area contributed by atoms with Crippen LogP contribution in [0.4, 0.5) is 0 Å². The summed E-state index contributed by atoms with van der Waals surface area (Å²) in [6.07, 6.45) is 77.8. The summed E-state index contributed by atoms with van der Waals surface area (Å²) in [5, 5.41) is 3.83. The Bertz CT molecular complexity index is 711. The van der Waals surface area contributed by atoms with E-state index in [1.54, 1.807) is 0 Å². The molecule has 380 valence electrons. The number of alkyl halides is 2. The molecule has 63 heavy (non-hydrogen) atoms. The highest BCUT2D eigenvalue weighted by molar-refractivity contribution is 6.18. The highest BCUT2D eigenvalue weighted by Gasteiger charge is 2.14. The highest BCUT2D eigenvalue weighted by atomic mass is 35.5. The Labute approximate surface area is 410 Å². The minimum atomic E-state index is 0.425. The van der Waals surface area contributed by atoms with Gasteiger partial charge in [0.25, 0.3) is 0 Å². The van der Waals surface area contributed by atoms with E-state index >= 15 is 0 Å². The van der Waals surface area contributed by atoms with Gasteiger partial charge in [-0.1, -0.05) is 348 Å². The minimum absolute atomic E-state index is 0.425. The molecule has 0 radical (unpaired) electrons. The molecule has 0 aliphatic heterocycles. The average molecular weight is 928 g/mol. The molecule has 1 N–H and O–H groups in total. The Kier molecular flexibility index (Phi) is 59.2. The van der Waals surface area contributed by atoms with Gasteiger partial charge in [-0.3, -0.25) is 0 Å². The van der Waals surface area contributed by atoms with Crippen molar-refractivity contribution >= 4 is 23.2 Å². The van der Waals surface area contributed by atoms with E-state index in [1.807, 2.05) is 0 Å². The maximum absolute atomic E-state index is 6.41. The molecule has 0 aliphatic carbocycles. The number of nitrogens with one attached hydrogen (secondary N) is 1. The highest BCUT2D eigenvalue weighted by Crippen LogP contribution is 2.19. The van der Waals surface area contributed by atoms with Gasteiger partial charge in [-0.15, -0.1) is 23.2 Å². The van der Waals surface area contributed by atoms with Crippen LogP contribution in [-0.2, 0) is 0 Å². The monoisotopic (exact) mass is 926 g/mol. The normalized spacial score (nSPS) is 12.8. The first kappa shape index (κ1) is 63.5. The Morgan fingerprint density at radius 3 is 0.460 bits per heavy atom. The van der Waals surface area contributed by atoms with Gasteiger partial charge in [0, 0.05) is 23.8 Å². The summed E-state index contributed by atoms with van der Waals surface area (Å²) in [6.45, 7) is 4.62. The molecule has 0 aromatic heterocycles. The summed E-state index contributed by atoms with van der Waals surface area (Å²) >= 11 is 12.8. The van der Waals surface area contributed by atoms with Gasteiger partial charge in [0.15, 0.2) is 0 Å². The summed E-state index contributed by atoms with van der Waals surface area (Å²) in [6, 6.07) is 0.850. The van der Waals surface area contributed by atoms with Crippen LogP contribution in [0.15, 0.2) is 0 Å². The second kappa shape index (κ2) is 58.7. The van der Waals surface area contributed by atoms with Crippen molar-refractivity contribution in [1.29, 1.82) is 0 Å². The van der Waals surface area contributed by atoms with Gasteiger partial charge in [0.05, 0.1) is 0 Å². The number of hydrogen-bond acceptors (Lipinski definition) is 1. The number of hydrogen-bond donors (Lipinski definition) is 1. The molecule has 0 heterocycles. The lowest BCUT2D eigenvalue weighted by atomic mass is 10.0. The molecule has 0 bridgehead atoms. The molecule has 0 aromatic carbocycles. The van der Waals surface area contributed by atoms with Crippen molar-refractivity contribution in [2.75, 3.05) is 11.8 Å². The van der Waals surface area contributed by atoms with E-state index in [9.17, 15) is 0 Å². The summed E-state index contributed by atoms with van der Waals surface area (Å²) < 4.78 is 0. The van der Waals surface area contributed by atoms with Crippen molar-refractivity contribution in [1.82, 2.24) is 5.32 Å². The third-order valence-electron chi connectivity index (χ3n) is 14.7. The Morgan fingerprint density at radius 2 is 0.333 bits per heavy atom. The van der Waals surface area contributed by atoms with Gasteiger partial charge < -0.3 is 5.32 Å². The Morgan fingerprint density at radius 1 is 0.206 bits per heavy atom. The topological polar surface area (TPSA) is 12.0 Å². The lowest BCUT2D eigenvalue weighted by molar-refractivity contribution is 0.406. The zero-order chi connectivity index (χ0) is 45.5. The molecule has 0 fully saturated rings. The van der Waals surface area contributed by atoms with Crippen LogP contribution in [0.3, 0.4) is 0 Å². The molecule has 3 heteroatoms. The third-order valence-corrected chi connectivity index (χ3v) is 15.4. The first-order valence-corrected chi connectivity index (χ1v) is 31.2. The largest absolute Gasteiger partial charge is 0.309 e. The molecular weight excluding hydrogens is 806 g/mol. The average Bonchev–Trinajstić information content (AvgIpc) is 3.30. The van der Waals surface area contributed by atoms with Crippen LogP contribution >= 0.6 is 23.2 Å². The van der Waals surface area contributed by atoms with Crippen LogP contribution < -0.4 is 5.32 Å². The molecule has 0 saturated carbocycles. The van der Waals surface area contributed by atoms with Crippen LogP contribution in [0.25, 0.3) is 0 Å². The molecule has 1 nitrogen and oxygen atoms in total. The number of rotatable bonds is 58. The minimum Gasteiger partial charge on any atom is -0.309 e. The van der Waals surface area contributed by atoms with E-state index in [-0.39, 0.29) is 0 Å². The van der Waals surface area contributed by atoms with E-state index < -0.39 is 0 Å². The van der Waals surface area contributed by atoms with Crippen LogP contribution in [0.5, 0.6) is 0 Å². The second-order valence-corrected chi connectivity index (χ2v) is 21.7.